The molecule has 0 radical (unpaired) electrons. The monoisotopic (exact) mass is 415 g/mol. The fourth-order valence-electron chi connectivity index (χ4n) is 3.40. The van der Waals surface area contributed by atoms with Crippen molar-refractivity contribution in [3.8, 4) is 22.8 Å². The number of hydrogen-bond acceptors (Lipinski definition) is 3. The third-order valence-electron chi connectivity index (χ3n) is 4.65. The fraction of sp³-hybridized carbons (Fsp3) is 0.190. The molecule has 5 nitrogen and oxygen atoms in total. The Morgan fingerprint density at radius 2 is 1.73 bits per heavy atom. The van der Waals surface area contributed by atoms with Gasteiger partial charge in [-0.3, -0.25) is 0 Å². The Kier molecular flexibility index (Phi) is 5.11. The van der Waals surface area contributed by atoms with E-state index in [9.17, 15) is 17.6 Å². The van der Waals surface area contributed by atoms with Gasteiger partial charge in [0.05, 0.1) is 6.54 Å². The van der Waals surface area contributed by atoms with Crippen LogP contribution >= 0.6 is 0 Å². The standard InChI is InChI=1S/C21H17F4N5/c1-2-30-17(13-29-12-11-26-20(29)15-9-6-10-16(22)27-15)28-18(19(30)21(23,24)25)14-7-4-3-5-8-14/h3-12H,2,13H2,1H3. The van der Waals surface area contributed by atoms with E-state index in [1.54, 1.807) is 54.1 Å². The van der Waals surface area contributed by atoms with Crippen LogP contribution in [-0.4, -0.2) is 24.1 Å². The maximum atomic E-state index is 13.9. The first-order valence-corrected chi connectivity index (χ1v) is 9.24. The van der Waals surface area contributed by atoms with Crippen LogP contribution < -0.4 is 0 Å². The molecule has 0 N–H and O–H groups in total. The molecule has 3 heterocycles. The van der Waals surface area contributed by atoms with Crippen molar-refractivity contribution in [3.05, 3.63) is 78.4 Å². The molecule has 0 aliphatic carbocycles. The first-order chi connectivity index (χ1) is 14.4. The molecule has 0 saturated heterocycles. The quantitative estimate of drug-likeness (QED) is 0.339. The molecule has 1 aromatic carbocycles. The first kappa shape index (κ1) is 19.8. The lowest BCUT2D eigenvalue weighted by Crippen LogP contribution is -2.17. The van der Waals surface area contributed by atoms with E-state index in [-0.39, 0.29) is 30.3 Å². The van der Waals surface area contributed by atoms with Gasteiger partial charge in [-0.2, -0.15) is 17.6 Å². The summed E-state index contributed by atoms with van der Waals surface area (Å²) in [6.07, 6.45) is -1.48. The van der Waals surface area contributed by atoms with Gasteiger partial charge in [0.1, 0.15) is 17.2 Å². The molecule has 4 aromatic rings. The Labute approximate surface area is 169 Å². The Morgan fingerprint density at radius 3 is 2.40 bits per heavy atom. The Bertz CT molecular complexity index is 1160. The SMILES string of the molecule is CCn1c(Cn2ccnc2-c2cccc(F)n2)nc(-c2ccccc2)c1C(F)(F)F. The normalized spacial score (nSPS) is 11.8. The van der Waals surface area contributed by atoms with E-state index in [1.807, 2.05) is 0 Å². The largest absolute Gasteiger partial charge is 0.433 e. The van der Waals surface area contributed by atoms with Crippen LogP contribution in [0.4, 0.5) is 17.6 Å². The van der Waals surface area contributed by atoms with Gasteiger partial charge in [-0.15, -0.1) is 0 Å². The van der Waals surface area contributed by atoms with Gasteiger partial charge < -0.3 is 9.13 Å². The zero-order valence-corrected chi connectivity index (χ0v) is 15.9. The van der Waals surface area contributed by atoms with Gasteiger partial charge >= 0.3 is 6.18 Å². The van der Waals surface area contributed by atoms with Crippen LogP contribution in [-0.2, 0) is 19.3 Å². The second-order valence-electron chi connectivity index (χ2n) is 6.56. The van der Waals surface area contributed by atoms with Crippen LogP contribution in [0, 0.1) is 5.95 Å². The molecule has 0 atom stereocenters. The van der Waals surface area contributed by atoms with Gasteiger partial charge in [0.2, 0.25) is 5.95 Å². The van der Waals surface area contributed by atoms with Crippen molar-refractivity contribution in [1.29, 1.82) is 0 Å². The van der Waals surface area contributed by atoms with Crippen molar-refractivity contribution < 1.29 is 17.6 Å². The highest BCUT2D eigenvalue weighted by atomic mass is 19.4. The minimum atomic E-state index is -4.58. The van der Waals surface area contributed by atoms with E-state index in [0.29, 0.717) is 11.4 Å². The topological polar surface area (TPSA) is 48.5 Å². The first-order valence-electron chi connectivity index (χ1n) is 9.24. The van der Waals surface area contributed by atoms with Gasteiger partial charge in [0.25, 0.3) is 0 Å². The molecule has 3 aromatic heterocycles. The third kappa shape index (κ3) is 3.70. The maximum absolute atomic E-state index is 13.9. The molecule has 0 unspecified atom stereocenters. The molecule has 30 heavy (non-hydrogen) atoms. The van der Waals surface area contributed by atoms with E-state index < -0.39 is 17.8 Å². The molecule has 0 bridgehead atoms. The summed E-state index contributed by atoms with van der Waals surface area (Å²) < 4.78 is 58.1. The van der Waals surface area contributed by atoms with Crippen LogP contribution in [0.5, 0.6) is 0 Å². The lowest BCUT2D eigenvalue weighted by molar-refractivity contribution is -0.143. The van der Waals surface area contributed by atoms with Crippen LogP contribution in [0.25, 0.3) is 22.8 Å². The molecule has 4 rings (SSSR count). The number of benzene rings is 1. The number of halogens is 4. The molecular formula is C21H17F4N5. The average Bonchev–Trinajstić information content (AvgIpc) is 3.33. The second kappa shape index (κ2) is 7.74. The van der Waals surface area contributed by atoms with E-state index >= 15 is 0 Å². The maximum Gasteiger partial charge on any atom is 0.433 e. The Balaban J connectivity index is 1.82. The van der Waals surface area contributed by atoms with Crippen LogP contribution in [0.2, 0.25) is 0 Å². The molecular weight excluding hydrogens is 398 g/mol. The molecule has 0 aliphatic heterocycles. The van der Waals surface area contributed by atoms with Gasteiger partial charge in [-0.05, 0) is 19.1 Å². The molecule has 0 spiro atoms. The minimum Gasteiger partial charge on any atom is -0.323 e. The van der Waals surface area contributed by atoms with Gasteiger partial charge in [-0.25, -0.2) is 15.0 Å². The molecule has 9 heteroatoms. The highest BCUT2D eigenvalue weighted by molar-refractivity contribution is 5.63. The molecule has 0 amide bonds. The van der Waals surface area contributed by atoms with Crippen LogP contribution in [0.15, 0.2) is 60.9 Å². The summed E-state index contributed by atoms with van der Waals surface area (Å²) in [7, 11) is 0. The lowest BCUT2D eigenvalue weighted by Gasteiger charge is -2.14. The number of hydrogen-bond donors (Lipinski definition) is 0. The number of alkyl halides is 3. The van der Waals surface area contributed by atoms with E-state index in [1.165, 1.54) is 18.3 Å². The Hall–Kier alpha value is -3.49. The third-order valence-corrected chi connectivity index (χ3v) is 4.65. The summed E-state index contributed by atoms with van der Waals surface area (Å²) in [5.41, 5.74) is -0.243. The fourth-order valence-corrected chi connectivity index (χ4v) is 3.40. The number of pyridine rings is 1. The predicted octanol–water partition coefficient (Wildman–Crippen LogP) is 5.03. The van der Waals surface area contributed by atoms with Gasteiger partial charge in [-0.1, -0.05) is 36.4 Å². The van der Waals surface area contributed by atoms with Crippen molar-refractivity contribution in [2.75, 3.05) is 0 Å². The van der Waals surface area contributed by atoms with Gasteiger partial charge in [0, 0.05) is 24.5 Å². The van der Waals surface area contributed by atoms with E-state index in [0.717, 1.165) is 4.57 Å². The predicted molar refractivity (Wildman–Crippen MR) is 103 cm³/mol. The summed E-state index contributed by atoms with van der Waals surface area (Å²) in [6.45, 7) is 1.75. The summed E-state index contributed by atoms with van der Waals surface area (Å²) in [5.74, 6) is -0.0999. The minimum absolute atomic E-state index is 0.0251. The van der Waals surface area contributed by atoms with Gasteiger partial charge in [0.15, 0.2) is 11.5 Å². The van der Waals surface area contributed by atoms with Crippen molar-refractivity contribution in [2.24, 2.45) is 0 Å². The van der Waals surface area contributed by atoms with Crippen molar-refractivity contribution in [2.45, 2.75) is 26.2 Å². The number of rotatable bonds is 5. The van der Waals surface area contributed by atoms with E-state index in [4.69, 9.17) is 0 Å². The number of nitrogens with zero attached hydrogens (tertiary/aromatic N) is 5. The van der Waals surface area contributed by atoms with Crippen molar-refractivity contribution in [3.63, 3.8) is 0 Å². The summed E-state index contributed by atoms with van der Waals surface area (Å²) in [6, 6.07) is 12.6. The lowest BCUT2D eigenvalue weighted by atomic mass is 10.1. The number of imidazole rings is 2. The highest BCUT2D eigenvalue weighted by Gasteiger charge is 2.39. The smallest absolute Gasteiger partial charge is 0.323 e. The highest BCUT2D eigenvalue weighted by Crippen LogP contribution is 2.38. The second-order valence-corrected chi connectivity index (χ2v) is 6.56. The van der Waals surface area contributed by atoms with Crippen LogP contribution in [0.1, 0.15) is 18.4 Å². The molecule has 0 saturated carbocycles. The molecule has 0 aliphatic rings. The summed E-state index contributed by atoms with van der Waals surface area (Å²) in [5, 5.41) is 0. The Morgan fingerprint density at radius 1 is 0.967 bits per heavy atom. The van der Waals surface area contributed by atoms with Crippen molar-refractivity contribution in [1.82, 2.24) is 24.1 Å². The summed E-state index contributed by atoms with van der Waals surface area (Å²) >= 11 is 0. The zero-order chi connectivity index (χ0) is 21.3. The zero-order valence-electron chi connectivity index (χ0n) is 15.9. The summed E-state index contributed by atoms with van der Waals surface area (Å²) in [4.78, 5) is 12.3. The van der Waals surface area contributed by atoms with Crippen molar-refractivity contribution >= 4 is 0 Å². The molecule has 0 fully saturated rings. The average molecular weight is 415 g/mol. The number of aromatic nitrogens is 5. The van der Waals surface area contributed by atoms with Crippen LogP contribution in [0.3, 0.4) is 0 Å². The molecule has 154 valence electrons. The van der Waals surface area contributed by atoms with E-state index in [2.05, 4.69) is 15.0 Å².